The second-order valence-electron chi connectivity index (χ2n) is 5.09. The lowest BCUT2D eigenvalue weighted by molar-refractivity contribution is 0.0524. The van der Waals surface area contributed by atoms with Gasteiger partial charge in [-0.25, -0.2) is 4.79 Å². The van der Waals surface area contributed by atoms with Gasteiger partial charge >= 0.3 is 5.97 Å². The minimum absolute atomic E-state index is 0.0452. The van der Waals surface area contributed by atoms with E-state index in [-0.39, 0.29) is 28.7 Å². The van der Waals surface area contributed by atoms with E-state index in [1.54, 1.807) is 19.1 Å². The van der Waals surface area contributed by atoms with Gasteiger partial charge in [-0.1, -0.05) is 13.0 Å². The normalized spacial score (nSPS) is 11.0. The molecular formula is C17H15NO5. The molecule has 1 aromatic carbocycles. The Bertz CT molecular complexity index is 1030. The van der Waals surface area contributed by atoms with Crippen LogP contribution < -0.4 is 11.0 Å². The van der Waals surface area contributed by atoms with E-state index in [9.17, 15) is 14.4 Å². The zero-order valence-electron chi connectivity index (χ0n) is 12.8. The number of fused-ring (bicyclic) bond motifs is 2. The fourth-order valence-electron chi connectivity index (χ4n) is 2.44. The first-order chi connectivity index (χ1) is 11.0. The van der Waals surface area contributed by atoms with E-state index in [1.165, 1.54) is 6.07 Å². The zero-order chi connectivity index (χ0) is 16.6. The maximum absolute atomic E-state index is 12.6. The van der Waals surface area contributed by atoms with Crippen molar-refractivity contribution in [3.05, 3.63) is 56.0 Å². The monoisotopic (exact) mass is 313 g/mol. The van der Waals surface area contributed by atoms with E-state index in [2.05, 4.69) is 4.98 Å². The predicted molar refractivity (Wildman–Crippen MR) is 85.9 cm³/mol. The first-order valence-electron chi connectivity index (χ1n) is 7.35. The summed E-state index contributed by atoms with van der Waals surface area (Å²) in [5.74, 6) is -0.750. The van der Waals surface area contributed by atoms with Crippen LogP contribution in [0.3, 0.4) is 0 Å². The average molecular weight is 313 g/mol. The summed E-state index contributed by atoms with van der Waals surface area (Å²) in [5.41, 5.74) is 0.403. The van der Waals surface area contributed by atoms with E-state index in [1.807, 2.05) is 13.0 Å². The maximum atomic E-state index is 12.6. The molecule has 3 rings (SSSR count). The molecule has 0 radical (unpaired) electrons. The third-order valence-corrected chi connectivity index (χ3v) is 3.64. The first kappa shape index (κ1) is 15.0. The number of benzene rings is 1. The molecule has 0 aliphatic rings. The summed E-state index contributed by atoms with van der Waals surface area (Å²) in [6.45, 7) is 3.78. The van der Waals surface area contributed by atoms with Crippen molar-refractivity contribution in [3.63, 3.8) is 0 Å². The summed E-state index contributed by atoms with van der Waals surface area (Å²) in [6, 6.07) is 6.58. The molecule has 1 N–H and O–H groups in total. The van der Waals surface area contributed by atoms with Gasteiger partial charge in [0.1, 0.15) is 16.7 Å². The minimum Gasteiger partial charge on any atom is -0.462 e. The van der Waals surface area contributed by atoms with Crippen LogP contribution in [-0.4, -0.2) is 17.6 Å². The molecule has 0 spiro atoms. The summed E-state index contributed by atoms with van der Waals surface area (Å²) in [5, 5.41) is 0.399. The number of aromatic amines is 1. The van der Waals surface area contributed by atoms with Crippen LogP contribution in [0.1, 0.15) is 29.8 Å². The summed E-state index contributed by atoms with van der Waals surface area (Å²) < 4.78 is 10.5. The number of nitrogens with one attached hydrogen (secondary N) is 1. The van der Waals surface area contributed by atoms with E-state index in [0.717, 1.165) is 12.0 Å². The van der Waals surface area contributed by atoms with Gasteiger partial charge in [0.25, 0.3) is 5.56 Å². The molecule has 2 heterocycles. The van der Waals surface area contributed by atoms with Crippen LogP contribution in [-0.2, 0) is 11.2 Å². The fourth-order valence-corrected chi connectivity index (χ4v) is 2.44. The Kier molecular flexibility index (Phi) is 3.73. The first-order valence-corrected chi connectivity index (χ1v) is 7.35. The van der Waals surface area contributed by atoms with Crippen molar-refractivity contribution in [2.45, 2.75) is 20.3 Å². The Morgan fingerprint density at radius 1 is 1.17 bits per heavy atom. The molecular weight excluding hydrogens is 298 g/mol. The summed E-state index contributed by atoms with van der Waals surface area (Å²) >= 11 is 0. The molecule has 0 atom stereocenters. The Morgan fingerprint density at radius 3 is 2.65 bits per heavy atom. The lowest BCUT2D eigenvalue weighted by Gasteiger charge is -2.05. The number of pyridine rings is 1. The number of aryl methyl sites for hydroxylation is 1. The van der Waals surface area contributed by atoms with Gasteiger partial charge in [0.2, 0.25) is 5.43 Å². The molecule has 0 unspecified atom stereocenters. The van der Waals surface area contributed by atoms with Gasteiger partial charge in [0.05, 0.1) is 12.0 Å². The average Bonchev–Trinajstić information content (AvgIpc) is 2.55. The summed E-state index contributed by atoms with van der Waals surface area (Å²) in [7, 11) is 0. The minimum atomic E-state index is -0.750. The van der Waals surface area contributed by atoms with Crippen molar-refractivity contribution in [1.82, 2.24) is 4.98 Å². The van der Waals surface area contributed by atoms with Crippen molar-refractivity contribution in [3.8, 4) is 0 Å². The van der Waals surface area contributed by atoms with Crippen LogP contribution in [0.25, 0.3) is 22.1 Å². The highest BCUT2D eigenvalue weighted by molar-refractivity contribution is 5.94. The highest BCUT2D eigenvalue weighted by Crippen LogP contribution is 2.19. The smallest absolute Gasteiger partial charge is 0.343 e. The number of carbonyl (C=O) groups is 1. The van der Waals surface area contributed by atoms with E-state index in [4.69, 9.17) is 9.15 Å². The van der Waals surface area contributed by atoms with E-state index in [0.29, 0.717) is 11.0 Å². The molecule has 0 saturated carbocycles. The SMILES string of the molecule is CCOC(=O)c1cc2oc3ccc(CC)cc3c(=O)c2[nH]c1=O. The highest BCUT2D eigenvalue weighted by atomic mass is 16.5. The van der Waals surface area contributed by atoms with Crippen molar-refractivity contribution >= 4 is 28.0 Å². The topological polar surface area (TPSA) is 89.4 Å². The van der Waals surface area contributed by atoms with Gasteiger partial charge in [-0.15, -0.1) is 0 Å². The Morgan fingerprint density at radius 2 is 1.96 bits per heavy atom. The van der Waals surface area contributed by atoms with Crippen molar-refractivity contribution in [2.24, 2.45) is 0 Å². The molecule has 6 nitrogen and oxygen atoms in total. The largest absolute Gasteiger partial charge is 0.462 e. The molecule has 2 aromatic heterocycles. The molecule has 3 aromatic rings. The van der Waals surface area contributed by atoms with Crippen LogP contribution in [0.4, 0.5) is 0 Å². The lowest BCUT2D eigenvalue weighted by Crippen LogP contribution is -2.21. The zero-order valence-corrected chi connectivity index (χ0v) is 12.8. The second kappa shape index (κ2) is 5.72. The third-order valence-electron chi connectivity index (χ3n) is 3.64. The number of rotatable bonds is 3. The van der Waals surface area contributed by atoms with Gasteiger partial charge in [-0.05, 0) is 31.0 Å². The van der Waals surface area contributed by atoms with Crippen LogP contribution in [0.15, 0.2) is 38.3 Å². The third kappa shape index (κ3) is 2.52. The number of aromatic nitrogens is 1. The molecule has 118 valence electrons. The number of esters is 1. The molecule has 0 amide bonds. The quantitative estimate of drug-likeness (QED) is 0.592. The highest BCUT2D eigenvalue weighted by Gasteiger charge is 2.16. The number of ether oxygens (including phenoxy) is 1. The van der Waals surface area contributed by atoms with Gasteiger partial charge in [0.15, 0.2) is 5.58 Å². The molecule has 0 aliphatic heterocycles. The molecule has 0 fully saturated rings. The van der Waals surface area contributed by atoms with E-state index < -0.39 is 11.5 Å². The van der Waals surface area contributed by atoms with Gasteiger partial charge in [-0.3, -0.25) is 9.59 Å². The molecule has 23 heavy (non-hydrogen) atoms. The summed E-state index contributed by atoms with van der Waals surface area (Å²) in [4.78, 5) is 38.8. The number of carbonyl (C=O) groups excluding carboxylic acids is 1. The fraction of sp³-hybridized carbons (Fsp3) is 0.235. The molecule has 6 heteroatoms. The summed E-state index contributed by atoms with van der Waals surface area (Å²) in [6.07, 6.45) is 0.783. The standard InChI is InChI=1S/C17H15NO5/c1-3-9-5-6-12-10(7-9)15(19)14-13(23-12)8-11(16(20)18-14)17(21)22-4-2/h5-8H,3-4H2,1-2H3,(H,18,20). The predicted octanol–water partition coefficient (Wildman–Crippen LogP) is 2.37. The van der Waals surface area contributed by atoms with Gasteiger partial charge in [0, 0.05) is 6.07 Å². The molecule has 0 saturated heterocycles. The number of hydrogen-bond acceptors (Lipinski definition) is 5. The number of H-pyrrole nitrogens is 1. The maximum Gasteiger partial charge on any atom is 0.343 e. The van der Waals surface area contributed by atoms with Gasteiger partial charge in [-0.2, -0.15) is 0 Å². The van der Waals surface area contributed by atoms with Crippen LogP contribution >= 0.6 is 0 Å². The molecule has 0 bridgehead atoms. The van der Waals surface area contributed by atoms with Crippen molar-refractivity contribution in [1.29, 1.82) is 0 Å². The van der Waals surface area contributed by atoms with Crippen molar-refractivity contribution < 1.29 is 13.9 Å². The lowest BCUT2D eigenvalue weighted by atomic mass is 10.1. The Hall–Kier alpha value is -2.89. The number of hydrogen-bond donors (Lipinski definition) is 1. The van der Waals surface area contributed by atoms with Crippen LogP contribution in [0.2, 0.25) is 0 Å². The second-order valence-corrected chi connectivity index (χ2v) is 5.09. The van der Waals surface area contributed by atoms with Crippen LogP contribution in [0.5, 0.6) is 0 Å². The van der Waals surface area contributed by atoms with Crippen LogP contribution in [0, 0.1) is 0 Å². The van der Waals surface area contributed by atoms with Crippen molar-refractivity contribution in [2.75, 3.05) is 6.61 Å². The van der Waals surface area contributed by atoms with Gasteiger partial charge < -0.3 is 14.1 Å². The Balaban J connectivity index is 2.33. The molecule has 0 aliphatic carbocycles. The Labute approximate surface area is 130 Å². The van der Waals surface area contributed by atoms with E-state index >= 15 is 0 Å².